The molecule has 99 heavy (non-hydrogen) atoms. The van der Waals surface area contributed by atoms with Crippen molar-refractivity contribution in [2.75, 3.05) is 52.4 Å². The molecule has 2 aromatic carbocycles. The van der Waals surface area contributed by atoms with Crippen molar-refractivity contribution in [3.05, 3.63) is 71.5 Å². The Balaban J connectivity index is 2.19. The normalized spacial score (nSPS) is 14.2. The maximum atomic E-state index is 14.3. The lowest BCUT2D eigenvalue weighted by molar-refractivity contribution is -0.136. The van der Waals surface area contributed by atoms with Crippen LogP contribution in [-0.2, 0) is 75.2 Å². The molecule has 11 atom stereocenters. The number of halogens is 1. The van der Waals surface area contributed by atoms with Crippen LogP contribution in [0, 0.1) is 5.82 Å². The van der Waals surface area contributed by atoms with Crippen molar-refractivity contribution < 1.29 is 76.9 Å². The van der Waals surface area contributed by atoms with Crippen LogP contribution < -0.4 is 110 Å². The lowest BCUT2D eigenvalue weighted by Gasteiger charge is -2.26. The third-order valence-corrected chi connectivity index (χ3v) is 14.7. The molecule has 0 unspecified atom stereocenters. The molecule has 0 heterocycles. The average Bonchev–Trinajstić information content (AvgIpc) is 0.891. The molecule has 0 spiro atoms. The maximum Gasteiger partial charge on any atom is 0.245 e. The number of benzene rings is 2. The summed E-state index contributed by atoms with van der Waals surface area (Å²) in [4.78, 5) is 181. The van der Waals surface area contributed by atoms with E-state index in [0.717, 1.165) is 24.6 Å². The first-order chi connectivity index (χ1) is 46.9. The van der Waals surface area contributed by atoms with Crippen LogP contribution in [0.1, 0.15) is 96.1 Å². The highest BCUT2D eigenvalue weighted by atomic mass is 19.1. The van der Waals surface area contributed by atoms with Gasteiger partial charge in [-0.1, -0.05) is 42.5 Å². The van der Waals surface area contributed by atoms with Gasteiger partial charge in [0, 0.05) is 19.5 Å². The van der Waals surface area contributed by atoms with Crippen LogP contribution >= 0.6 is 0 Å². The number of unbranched alkanes of at least 4 members (excludes halogenated alkanes) is 2. The summed E-state index contributed by atoms with van der Waals surface area (Å²) in [6, 6.07) is -0.425. The van der Waals surface area contributed by atoms with Gasteiger partial charge in [-0.05, 0) is 128 Å². The molecule has 0 aliphatic carbocycles. The number of guanidine groups is 2. The first-order valence-corrected chi connectivity index (χ1v) is 32.1. The number of aliphatic hydroxyl groups is 2. The summed E-state index contributed by atoms with van der Waals surface area (Å²) in [6.45, 7) is 0.944. The number of nitrogens with one attached hydrogen (secondary N) is 12. The number of carbonyl (C=O) groups is 13. The van der Waals surface area contributed by atoms with Crippen LogP contribution in [0.2, 0.25) is 0 Å². The Morgan fingerprint density at radius 2 is 0.879 bits per heavy atom. The van der Waals surface area contributed by atoms with E-state index >= 15 is 0 Å². The van der Waals surface area contributed by atoms with Crippen LogP contribution in [0.3, 0.4) is 0 Å². The lowest BCUT2D eigenvalue weighted by Crippen LogP contribution is -2.60. The molecule has 0 radical (unpaired) electrons. The van der Waals surface area contributed by atoms with E-state index in [0.29, 0.717) is 25.8 Å². The fraction of sp³-hybridized carbons (Fsp3) is 0.557. The number of nitrogens with two attached hydrogens (primary N) is 8. The SMILES string of the molecule is C[C@H](NC(=O)CNC(=O)[C@@H](NC(=O)[C@H](Cc1cccc(F)c1)NC(=O)CNC(=O)CNC(=O)[C@@H](N)Cc1ccccc1)[C@@H](C)O)C(=O)N[C@@H](CCCN=C(N)N)C(=O)N[C@@H](CCCCN)C(=O)N[C@@H](CO)C(=O)N[C@@H](C)C(=O)N[C@@H](CCCN=C(N)N)C(=O)N[C@@H](CCCCN)C(N)=O. The molecule has 0 aliphatic heterocycles. The smallest absolute Gasteiger partial charge is 0.245 e. The van der Waals surface area contributed by atoms with Crippen LogP contribution in [-0.4, -0.2) is 218 Å². The highest BCUT2D eigenvalue weighted by molar-refractivity contribution is 5.99. The molecule has 38 heteroatoms. The Hall–Kier alpha value is -10.2. The van der Waals surface area contributed by atoms with Gasteiger partial charge in [-0.15, -0.1) is 0 Å². The molecule has 0 fully saturated rings. The molecule has 30 N–H and O–H groups in total. The Labute approximate surface area is 571 Å². The largest absolute Gasteiger partial charge is 0.394 e. The van der Waals surface area contributed by atoms with Gasteiger partial charge in [0.05, 0.1) is 38.4 Å². The zero-order valence-corrected chi connectivity index (χ0v) is 55.8. The van der Waals surface area contributed by atoms with Crippen molar-refractivity contribution in [2.24, 2.45) is 55.9 Å². The number of aliphatic hydroxyl groups excluding tert-OH is 2. The van der Waals surface area contributed by atoms with Gasteiger partial charge in [0.25, 0.3) is 0 Å². The van der Waals surface area contributed by atoms with Crippen molar-refractivity contribution >= 4 is 88.7 Å². The predicted octanol–water partition coefficient (Wildman–Crippen LogP) is -9.09. The molecule has 0 saturated heterocycles. The quantitative estimate of drug-likeness (QED) is 0.0166. The molecule has 2 rings (SSSR count). The summed E-state index contributed by atoms with van der Waals surface area (Å²) in [6.07, 6.45) is -0.179. The van der Waals surface area contributed by atoms with E-state index in [2.05, 4.69) is 73.8 Å². The zero-order chi connectivity index (χ0) is 74.1. The third-order valence-electron chi connectivity index (χ3n) is 14.7. The first-order valence-electron chi connectivity index (χ1n) is 32.1. The van der Waals surface area contributed by atoms with Gasteiger partial charge in [0.2, 0.25) is 76.8 Å². The summed E-state index contributed by atoms with van der Waals surface area (Å²) in [5.41, 5.74) is 45.6. The topological polar surface area (TPSA) is 640 Å². The molecule has 37 nitrogen and oxygen atoms in total. The Morgan fingerprint density at radius 3 is 1.38 bits per heavy atom. The molecule has 0 aliphatic rings. The molecule has 0 saturated carbocycles. The Bertz CT molecular complexity index is 3070. The van der Waals surface area contributed by atoms with Crippen LogP contribution in [0.25, 0.3) is 0 Å². The zero-order valence-electron chi connectivity index (χ0n) is 55.8. The van der Waals surface area contributed by atoms with Gasteiger partial charge >= 0.3 is 0 Å². The van der Waals surface area contributed by atoms with Crippen LogP contribution in [0.4, 0.5) is 4.39 Å². The average molecular weight is 1400 g/mol. The minimum absolute atomic E-state index is 0.0389. The van der Waals surface area contributed by atoms with Crippen LogP contribution in [0.5, 0.6) is 0 Å². The molecular weight excluding hydrogens is 1300 g/mol. The van der Waals surface area contributed by atoms with Crippen molar-refractivity contribution in [1.82, 2.24) is 63.8 Å². The van der Waals surface area contributed by atoms with Crippen molar-refractivity contribution in [2.45, 2.75) is 164 Å². The van der Waals surface area contributed by atoms with E-state index in [1.54, 1.807) is 30.3 Å². The van der Waals surface area contributed by atoms with Crippen LogP contribution in [0.15, 0.2) is 64.6 Å². The number of nitrogens with zero attached hydrogens (tertiary/aromatic N) is 2. The van der Waals surface area contributed by atoms with Gasteiger partial charge in [0.15, 0.2) is 11.9 Å². The third kappa shape index (κ3) is 34.6. The van der Waals surface area contributed by atoms with Gasteiger partial charge in [-0.3, -0.25) is 72.3 Å². The highest BCUT2D eigenvalue weighted by Gasteiger charge is 2.35. The summed E-state index contributed by atoms with van der Waals surface area (Å²) in [5.74, 6) is -13.3. The van der Waals surface area contributed by atoms with Gasteiger partial charge in [0.1, 0.15) is 60.2 Å². The van der Waals surface area contributed by atoms with E-state index < -0.39 is 175 Å². The lowest BCUT2D eigenvalue weighted by atomic mass is 10.0. The molecule has 550 valence electrons. The predicted molar refractivity (Wildman–Crippen MR) is 360 cm³/mol. The number of rotatable bonds is 47. The van der Waals surface area contributed by atoms with E-state index in [-0.39, 0.29) is 94.9 Å². The van der Waals surface area contributed by atoms with E-state index in [1.165, 1.54) is 26.0 Å². The molecular formula is C61H99FN22O15. The van der Waals surface area contributed by atoms with E-state index in [9.17, 15) is 76.9 Å². The highest BCUT2D eigenvalue weighted by Crippen LogP contribution is 2.11. The van der Waals surface area contributed by atoms with Gasteiger partial charge in [-0.25, -0.2) is 4.39 Å². The summed E-state index contributed by atoms with van der Waals surface area (Å²) in [5, 5.41) is 49.7. The van der Waals surface area contributed by atoms with E-state index in [1.807, 2.05) is 0 Å². The second-order valence-electron chi connectivity index (χ2n) is 23.1. The second kappa shape index (κ2) is 46.1. The van der Waals surface area contributed by atoms with Gasteiger partial charge < -0.3 is 120 Å². The van der Waals surface area contributed by atoms with Crippen molar-refractivity contribution in [3.63, 3.8) is 0 Å². The van der Waals surface area contributed by atoms with Gasteiger partial charge in [-0.2, -0.15) is 0 Å². The molecule has 13 amide bonds. The number of carbonyl (C=O) groups excluding carboxylic acids is 13. The van der Waals surface area contributed by atoms with Crippen molar-refractivity contribution in [3.8, 4) is 0 Å². The number of hydrogen-bond acceptors (Lipinski definition) is 20. The number of primary amides is 1. The van der Waals surface area contributed by atoms with E-state index in [4.69, 9.17) is 45.9 Å². The number of hydrogen-bond donors (Lipinski definition) is 22. The molecule has 0 bridgehead atoms. The number of amides is 13. The summed E-state index contributed by atoms with van der Waals surface area (Å²) in [7, 11) is 0. The standard InChI is InChI=1S/C61H99FN22O15/c1-33(76-47(88)31-75-59(99)49(35(3)86)84-57(97)44(28-37-16-11-17-38(62)26-37)78-48(89)30-73-46(87)29-74-53(93)39(65)27-36-14-5-4-6-15-36)51(91)80-43(21-13-25-72-61(69)70)55(95)82-41(19-8-10-23-64)56(96)83-45(32-85)58(98)77-34(2)52(92)81-42(20-12-24-71-60(67)68)54(94)79-40(50(66)90)18-7-9-22-63/h4-6,11,14-17,26,33-35,39-45,49,85-86H,7-10,12-13,18-25,27-32,63-65H2,1-3H3,(H2,66,90)(H,73,87)(H,74,93)(H,75,99)(H,76,88)(H,77,98)(H,78,89)(H,79,94)(H,80,91)(H,81,92)(H,82,95)(H,83,96)(H,84,97)(H4,67,68,71)(H4,69,70,72)/t33-,34-,35+,39-,40-,41-,42-,43-,44-,45-,49-/m0/s1. The fourth-order valence-electron chi connectivity index (χ4n) is 9.22. The van der Waals surface area contributed by atoms with Crippen molar-refractivity contribution in [1.29, 1.82) is 0 Å². The fourth-order valence-corrected chi connectivity index (χ4v) is 9.22. The maximum absolute atomic E-state index is 14.3. The molecule has 0 aromatic heterocycles. The minimum Gasteiger partial charge on any atom is -0.394 e. The number of aliphatic imine (C=N–C) groups is 2. The molecule has 2 aromatic rings. The minimum atomic E-state index is -1.80. The summed E-state index contributed by atoms with van der Waals surface area (Å²) >= 11 is 0. The monoisotopic (exact) mass is 1400 g/mol. The second-order valence-corrected chi connectivity index (χ2v) is 23.1. The Kier molecular flexibility index (Phi) is 39.5. The summed E-state index contributed by atoms with van der Waals surface area (Å²) < 4.78 is 14.3. The Morgan fingerprint density at radius 1 is 0.444 bits per heavy atom. The first kappa shape index (κ1) is 84.9.